The number of carbonyl (C=O) groups excluding carboxylic acids is 2. The van der Waals surface area contributed by atoms with Crippen LogP contribution in [0.1, 0.15) is 46.5 Å². The first kappa shape index (κ1) is 19.3. The Kier molecular flexibility index (Phi) is 4.70. The molecular weight excluding hydrogens is 346 g/mol. The van der Waals surface area contributed by atoms with E-state index in [-0.39, 0.29) is 24.5 Å². The number of amides is 2. The van der Waals surface area contributed by atoms with Crippen molar-refractivity contribution in [2.45, 2.75) is 64.0 Å². The molecule has 0 aromatic carbocycles. The third-order valence-electron chi connectivity index (χ3n) is 5.52. The summed E-state index contributed by atoms with van der Waals surface area (Å²) in [5.41, 5.74) is -0.934. The van der Waals surface area contributed by atoms with E-state index in [0.29, 0.717) is 26.1 Å². The molecule has 2 unspecified atom stereocenters. The number of likely N-dealkylation sites (tertiary alicyclic amines) is 2. The molecule has 2 heterocycles. The molecule has 26 heavy (non-hydrogen) atoms. The van der Waals surface area contributed by atoms with Crippen LogP contribution in [-0.4, -0.2) is 70.7 Å². The predicted octanol–water partition coefficient (Wildman–Crippen LogP) is 2.25. The Bertz CT molecular complexity index is 584. The molecule has 6 nitrogen and oxygen atoms in total. The molecule has 1 spiro atoms. The molecule has 2 atom stereocenters. The van der Waals surface area contributed by atoms with Crippen molar-refractivity contribution >= 4 is 12.0 Å². The van der Waals surface area contributed by atoms with Crippen LogP contribution < -0.4 is 0 Å². The number of aliphatic hydroxyl groups excluding tert-OH is 1. The zero-order valence-corrected chi connectivity index (χ0v) is 15.6. The zero-order chi connectivity index (χ0) is 19.3. The van der Waals surface area contributed by atoms with Crippen LogP contribution in [0.4, 0.5) is 13.6 Å². The molecule has 0 bridgehead atoms. The monoisotopic (exact) mass is 374 g/mol. The van der Waals surface area contributed by atoms with Gasteiger partial charge in [0, 0.05) is 31.5 Å². The van der Waals surface area contributed by atoms with Crippen LogP contribution in [0.3, 0.4) is 0 Å². The lowest BCUT2D eigenvalue weighted by Crippen LogP contribution is -2.63. The van der Waals surface area contributed by atoms with E-state index >= 15 is 0 Å². The maximum absolute atomic E-state index is 13.1. The number of rotatable bonds is 2. The number of hydrogen-bond acceptors (Lipinski definition) is 4. The van der Waals surface area contributed by atoms with E-state index in [2.05, 4.69) is 0 Å². The van der Waals surface area contributed by atoms with Crippen LogP contribution in [0.2, 0.25) is 0 Å². The fourth-order valence-corrected chi connectivity index (χ4v) is 4.04. The lowest BCUT2D eigenvalue weighted by molar-refractivity contribution is -0.148. The summed E-state index contributed by atoms with van der Waals surface area (Å²) < 4.78 is 31.8. The van der Waals surface area contributed by atoms with Crippen LogP contribution in [0.25, 0.3) is 0 Å². The van der Waals surface area contributed by atoms with E-state index in [9.17, 15) is 23.5 Å². The van der Waals surface area contributed by atoms with Crippen molar-refractivity contribution in [2.24, 2.45) is 11.3 Å². The van der Waals surface area contributed by atoms with Gasteiger partial charge in [0.15, 0.2) is 0 Å². The lowest BCUT2D eigenvalue weighted by atomic mass is 9.75. The summed E-state index contributed by atoms with van der Waals surface area (Å²) in [4.78, 5) is 27.8. The minimum Gasteiger partial charge on any atom is -0.444 e. The first-order chi connectivity index (χ1) is 12.0. The minimum absolute atomic E-state index is 0.147. The van der Waals surface area contributed by atoms with Crippen LogP contribution in [0, 0.1) is 11.3 Å². The maximum Gasteiger partial charge on any atom is 0.410 e. The van der Waals surface area contributed by atoms with Crippen molar-refractivity contribution in [3.63, 3.8) is 0 Å². The van der Waals surface area contributed by atoms with E-state index in [4.69, 9.17) is 4.74 Å². The van der Waals surface area contributed by atoms with E-state index in [1.165, 1.54) is 4.90 Å². The summed E-state index contributed by atoms with van der Waals surface area (Å²) in [6, 6.07) is -0.318. The van der Waals surface area contributed by atoms with Crippen molar-refractivity contribution in [3.05, 3.63) is 0 Å². The summed E-state index contributed by atoms with van der Waals surface area (Å²) in [5.74, 6) is -4.50. The van der Waals surface area contributed by atoms with Crippen LogP contribution in [-0.2, 0) is 9.53 Å². The number of ether oxygens (including phenoxy) is 1. The molecule has 1 aliphatic carbocycles. The number of alkyl halides is 2. The van der Waals surface area contributed by atoms with Gasteiger partial charge in [-0.1, -0.05) is 6.42 Å². The van der Waals surface area contributed by atoms with Gasteiger partial charge < -0.3 is 19.6 Å². The smallest absolute Gasteiger partial charge is 0.410 e. The molecule has 1 N–H and O–H groups in total. The largest absolute Gasteiger partial charge is 0.444 e. The van der Waals surface area contributed by atoms with Gasteiger partial charge in [0.25, 0.3) is 5.92 Å². The molecule has 0 aromatic rings. The Morgan fingerprint density at radius 1 is 1.23 bits per heavy atom. The molecule has 0 radical (unpaired) electrons. The first-order valence-corrected chi connectivity index (χ1v) is 9.23. The van der Waals surface area contributed by atoms with Crippen molar-refractivity contribution < 1.29 is 28.2 Å². The number of halogens is 2. The third kappa shape index (κ3) is 3.80. The Balaban J connectivity index is 1.66. The summed E-state index contributed by atoms with van der Waals surface area (Å²) in [7, 11) is 0. The highest BCUT2D eigenvalue weighted by Gasteiger charge is 2.64. The van der Waals surface area contributed by atoms with Crippen molar-refractivity contribution in [2.75, 3.05) is 26.2 Å². The third-order valence-corrected chi connectivity index (χ3v) is 5.52. The molecule has 0 aromatic heterocycles. The molecule has 3 rings (SSSR count). The second kappa shape index (κ2) is 6.32. The summed E-state index contributed by atoms with van der Waals surface area (Å²) in [5, 5.41) is 9.68. The van der Waals surface area contributed by atoms with Crippen molar-refractivity contribution in [1.82, 2.24) is 9.80 Å². The molecule has 8 heteroatoms. The fraction of sp³-hybridized carbons (Fsp3) is 0.889. The quantitative estimate of drug-likeness (QED) is 0.805. The van der Waals surface area contributed by atoms with Crippen LogP contribution in [0.15, 0.2) is 0 Å². The molecule has 2 saturated heterocycles. The zero-order valence-electron chi connectivity index (χ0n) is 15.6. The molecule has 3 fully saturated rings. The second-order valence-electron chi connectivity index (χ2n) is 9.05. The van der Waals surface area contributed by atoms with E-state index < -0.39 is 29.4 Å². The van der Waals surface area contributed by atoms with Crippen molar-refractivity contribution in [3.8, 4) is 0 Å². The highest BCUT2D eigenvalue weighted by molar-refractivity contribution is 5.83. The van der Waals surface area contributed by atoms with Gasteiger partial charge in [0.1, 0.15) is 11.5 Å². The summed E-state index contributed by atoms with van der Waals surface area (Å²) in [6.45, 7) is 6.35. The molecule has 148 valence electrons. The average Bonchev–Trinajstić information content (AvgIpc) is 3.16. The van der Waals surface area contributed by atoms with Gasteiger partial charge in [0.05, 0.1) is 12.6 Å². The Hall–Kier alpha value is -1.44. The molecular formula is C18H28F2N2O4. The highest BCUT2D eigenvalue weighted by Crippen LogP contribution is 2.51. The van der Waals surface area contributed by atoms with E-state index in [1.807, 2.05) is 0 Å². The lowest BCUT2D eigenvalue weighted by Gasteiger charge is -2.51. The minimum atomic E-state index is -2.85. The maximum atomic E-state index is 13.1. The SMILES string of the molecule is CC(C)(C)OC(=O)N1CC2(CCCC1CO)CN(C(=O)C1CC1(F)F)C2. The number of nitrogens with zero attached hydrogens (tertiary/aromatic N) is 2. The number of hydrogen-bond donors (Lipinski definition) is 1. The van der Waals surface area contributed by atoms with Crippen LogP contribution >= 0.6 is 0 Å². The Morgan fingerprint density at radius 3 is 2.35 bits per heavy atom. The van der Waals surface area contributed by atoms with Gasteiger partial charge >= 0.3 is 6.09 Å². The number of aliphatic hydroxyl groups is 1. The molecule has 2 aliphatic heterocycles. The van der Waals surface area contributed by atoms with Gasteiger partial charge in [-0.2, -0.15) is 0 Å². The van der Waals surface area contributed by atoms with Gasteiger partial charge in [0.2, 0.25) is 5.91 Å². The van der Waals surface area contributed by atoms with E-state index in [1.54, 1.807) is 25.7 Å². The van der Waals surface area contributed by atoms with Gasteiger partial charge in [-0.3, -0.25) is 4.79 Å². The highest BCUT2D eigenvalue weighted by atomic mass is 19.3. The van der Waals surface area contributed by atoms with Crippen molar-refractivity contribution in [1.29, 1.82) is 0 Å². The molecule has 1 saturated carbocycles. The number of carbonyl (C=O) groups is 2. The van der Waals surface area contributed by atoms with Gasteiger partial charge in [-0.05, 0) is 33.6 Å². The topological polar surface area (TPSA) is 70.1 Å². The average molecular weight is 374 g/mol. The van der Waals surface area contributed by atoms with Crippen LogP contribution in [0.5, 0.6) is 0 Å². The second-order valence-corrected chi connectivity index (χ2v) is 9.05. The fourth-order valence-electron chi connectivity index (χ4n) is 4.04. The normalized spacial score (nSPS) is 29.8. The standard InChI is InChI=1S/C18H28F2N2O4/c1-16(2,3)26-15(25)22-11-17(6-4-5-12(22)8-23)9-21(10-17)14(24)13-7-18(13,19)20/h12-13,23H,4-11H2,1-3H3. The molecule has 3 aliphatic rings. The predicted molar refractivity (Wildman–Crippen MR) is 89.7 cm³/mol. The Labute approximate surface area is 152 Å². The Morgan fingerprint density at radius 2 is 1.85 bits per heavy atom. The summed E-state index contributed by atoms with van der Waals surface area (Å²) in [6.07, 6.45) is 1.44. The summed E-state index contributed by atoms with van der Waals surface area (Å²) >= 11 is 0. The van der Waals surface area contributed by atoms with E-state index in [0.717, 1.165) is 12.8 Å². The van der Waals surface area contributed by atoms with Gasteiger partial charge in [-0.15, -0.1) is 0 Å². The van der Waals surface area contributed by atoms with Gasteiger partial charge in [-0.25, -0.2) is 13.6 Å². The molecule has 2 amide bonds. The first-order valence-electron chi connectivity index (χ1n) is 9.23.